The zero-order valence-corrected chi connectivity index (χ0v) is 15.7. The lowest BCUT2D eigenvalue weighted by atomic mass is 10.2. The molecule has 0 saturated heterocycles. The Hall–Kier alpha value is -3.46. The summed E-state index contributed by atoms with van der Waals surface area (Å²) in [7, 11) is 0. The summed E-state index contributed by atoms with van der Waals surface area (Å²) in [4.78, 5) is 25.0. The maximum absolute atomic E-state index is 12.7. The van der Waals surface area contributed by atoms with Gasteiger partial charge in [-0.15, -0.1) is 10.2 Å². The predicted molar refractivity (Wildman–Crippen MR) is 106 cm³/mol. The summed E-state index contributed by atoms with van der Waals surface area (Å²) in [6.45, 7) is 1.85. The number of aromatic nitrogens is 4. The van der Waals surface area contributed by atoms with E-state index in [9.17, 15) is 9.59 Å². The van der Waals surface area contributed by atoms with E-state index in [2.05, 4.69) is 26.0 Å². The Kier molecular flexibility index (Phi) is 5.85. The molecule has 1 unspecified atom stereocenters. The molecule has 10 heteroatoms. The van der Waals surface area contributed by atoms with Crippen LogP contribution in [0.3, 0.4) is 0 Å². The molecule has 28 heavy (non-hydrogen) atoms. The van der Waals surface area contributed by atoms with E-state index in [-0.39, 0.29) is 5.91 Å². The summed E-state index contributed by atoms with van der Waals surface area (Å²) < 4.78 is 0. The van der Waals surface area contributed by atoms with Gasteiger partial charge in [-0.05, 0) is 54.1 Å². The minimum absolute atomic E-state index is 0.307. The van der Waals surface area contributed by atoms with Crippen molar-refractivity contribution in [2.75, 3.05) is 10.6 Å². The van der Waals surface area contributed by atoms with Gasteiger partial charge in [0.05, 0.1) is 0 Å². The van der Waals surface area contributed by atoms with Crippen LogP contribution in [0.5, 0.6) is 0 Å². The molecule has 0 radical (unpaired) electrons. The molecule has 0 aliphatic heterocycles. The largest absolute Gasteiger partial charge is 0.351 e. The average Bonchev–Trinajstić information content (AvgIpc) is 3.12. The highest BCUT2D eigenvalue weighted by atomic mass is 35.5. The SMILES string of the molecule is CCC(C(=O)Nc1cccc(NC(N)=O)c1)n1nnc(-c2ccc(Cl)cc2)n1. The summed E-state index contributed by atoms with van der Waals surface area (Å²) in [5.74, 6) is 0.0920. The Labute approximate surface area is 165 Å². The molecule has 3 rings (SSSR count). The first-order valence-electron chi connectivity index (χ1n) is 8.49. The van der Waals surface area contributed by atoms with Crippen molar-refractivity contribution in [3.05, 3.63) is 53.6 Å². The maximum atomic E-state index is 12.7. The molecule has 144 valence electrons. The molecule has 1 heterocycles. The van der Waals surface area contributed by atoms with E-state index in [1.807, 2.05) is 6.92 Å². The van der Waals surface area contributed by atoms with Gasteiger partial charge in [0.15, 0.2) is 6.04 Å². The van der Waals surface area contributed by atoms with E-state index >= 15 is 0 Å². The summed E-state index contributed by atoms with van der Waals surface area (Å²) in [6, 6.07) is 12.3. The number of hydrogen-bond acceptors (Lipinski definition) is 5. The van der Waals surface area contributed by atoms with Crippen LogP contribution in [0.15, 0.2) is 48.5 Å². The van der Waals surface area contributed by atoms with E-state index in [1.54, 1.807) is 48.5 Å². The monoisotopic (exact) mass is 399 g/mol. The summed E-state index contributed by atoms with van der Waals surface area (Å²) in [5, 5.41) is 18.2. The number of hydrogen-bond donors (Lipinski definition) is 3. The average molecular weight is 400 g/mol. The van der Waals surface area contributed by atoms with E-state index in [1.165, 1.54) is 4.80 Å². The number of amides is 3. The number of anilines is 2. The van der Waals surface area contributed by atoms with Gasteiger partial charge in [-0.25, -0.2) is 4.79 Å². The second-order valence-electron chi connectivity index (χ2n) is 5.92. The third-order valence-corrected chi connectivity index (χ3v) is 4.15. The number of carbonyl (C=O) groups excluding carboxylic acids is 2. The van der Waals surface area contributed by atoms with Gasteiger partial charge in [0.1, 0.15) is 0 Å². The van der Waals surface area contributed by atoms with Crippen LogP contribution in [0.1, 0.15) is 19.4 Å². The second-order valence-corrected chi connectivity index (χ2v) is 6.36. The topological polar surface area (TPSA) is 128 Å². The van der Waals surface area contributed by atoms with Crippen molar-refractivity contribution < 1.29 is 9.59 Å². The van der Waals surface area contributed by atoms with Crippen molar-refractivity contribution in [2.24, 2.45) is 5.73 Å². The molecule has 0 fully saturated rings. The molecule has 3 aromatic rings. The number of nitrogens with two attached hydrogens (primary N) is 1. The smallest absolute Gasteiger partial charge is 0.316 e. The number of primary amides is 1. The van der Waals surface area contributed by atoms with Crippen molar-refractivity contribution in [2.45, 2.75) is 19.4 Å². The molecule has 0 saturated carbocycles. The molecular weight excluding hydrogens is 382 g/mol. The van der Waals surface area contributed by atoms with Gasteiger partial charge >= 0.3 is 6.03 Å². The highest BCUT2D eigenvalue weighted by Crippen LogP contribution is 2.20. The molecule has 2 aromatic carbocycles. The van der Waals surface area contributed by atoms with Gasteiger partial charge in [-0.3, -0.25) is 4.79 Å². The molecule has 4 N–H and O–H groups in total. The molecule has 1 aromatic heterocycles. The van der Waals surface area contributed by atoms with Gasteiger partial charge in [0.2, 0.25) is 5.82 Å². The van der Waals surface area contributed by atoms with Crippen LogP contribution in [0.2, 0.25) is 5.02 Å². The summed E-state index contributed by atoms with van der Waals surface area (Å²) >= 11 is 5.89. The minimum Gasteiger partial charge on any atom is -0.351 e. The molecular formula is C18H18ClN7O2. The number of nitrogens with one attached hydrogen (secondary N) is 2. The summed E-state index contributed by atoms with van der Waals surface area (Å²) in [5.41, 5.74) is 6.84. The lowest BCUT2D eigenvalue weighted by Gasteiger charge is -2.14. The molecule has 0 aliphatic carbocycles. The lowest BCUT2D eigenvalue weighted by molar-refractivity contribution is -0.119. The van der Waals surface area contributed by atoms with Crippen LogP contribution >= 0.6 is 11.6 Å². The van der Waals surface area contributed by atoms with Gasteiger partial charge < -0.3 is 16.4 Å². The fourth-order valence-corrected chi connectivity index (χ4v) is 2.69. The van der Waals surface area contributed by atoms with Gasteiger partial charge in [-0.1, -0.05) is 24.6 Å². The van der Waals surface area contributed by atoms with E-state index in [4.69, 9.17) is 17.3 Å². The van der Waals surface area contributed by atoms with Crippen molar-refractivity contribution in [1.29, 1.82) is 0 Å². The van der Waals surface area contributed by atoms with E-state index in [0.29, 0.717) is 28.6 Å². The Morgan fingerprint density at radius 2 is 1.82 bits per heavy atom. The zero-order chi connectivity index (χ0) is 20.1. The first-order chi connectivity index (χ1) is 13.5. The third kappa shape index (κ3) is 4.63. The number of rotatable bonds is 6. The van der Waals surface area contributed by atoms with Crippen molar-refractivity contribution in [3.63, 3.8) is 0 Å². The number of carbonyl (C=O) groups is 2. The predicted octanol–water partition coefficient (Wildman–Crippen LogP) is 3.07. The van der Waals surface area contributed by atoms with Crippen LogP contribution in [-0.4, -0.2) is 32.1 Å². The fourth-order valence-electron chi connectivity index (χ4n) is 2.57. The Morgan fingerprint density at radius 3 is 2.46 bits per heavy atom. The standard InChI is InChI=1S/C18H18ClN7O2/c1-2-15(17(27)21-13-4-3-5-14(10-13)22-18(20)28)26-24-16(23-25-26)11-6-8-12(19)9-7-11/h3-10,15H,2H2,1H3,(H,21,27)(H3,20,22,28). The molecule has 1 atom stereocenters. The van der Waals surface area contributed by atoms with Crippen LogP contribution in [0.4, 0.5) is 16.2 Å². The normalized spacial score (nSPS) is 11.6. The molecule has 0 spiro atoms. The number of benzene rings is 2. The quantitative estimate of drug-likeness (QED) is 0.586. The van der Waals surface area contributed by atoms with Gasteiger partial charge in [-0.2, -0.15) is 4.80 Å². The Balaban J connectivity index is 1.75. The van der Waals surface area contributed by atoms with Crippen LogP contribution < -0.4 is 16.4 Å². The summed E-state index contributed by atoms with van der Waals surface area (Å²) in [6.07, 6.45) is 0.460. The number of urea groups is 1. The lowest BCUT2D eigenvalue weighted by Crippen LogP contribution is -2.27. The van der Waals surface area contributed by atoms with Crippen LogP contribution in [0.25, 0.3) is 11.4 Å². The highest BCUT2D eigenvalue weighted by Gasteiger charge is 2.22. The number of tetrazole rings is 1. The van der Waals surface area contributed by atoms with Gasteiger partial charge in [0.25, 0.3) is 5.91 Å². The van der Waals surface area contributed by atoms with E-state index in [0.717, 1.165) is 5.56 Å². The third-order valence-electron chi connectivity index (χ3n) is 3.90. The molecule has 0 bridgehead atoms. The fraction of sp³-hybridized carbons (Fsp3) is 0.167. The number of nitrogens with zero attached hydrogens (tertiary/aromatic N) is 4. The molecule has 3 amide bonds. The van der Waals surface area contributed by atoms with Gasteiger partial charge in [0, 0.05) is 22.0 Å². The number of halogens is 1. The molecule has 0 aliphatic rings. The Bertz CT molecular complexity index is 988. The second kappa shape index (κ2) is 8.49. The van der Waals surface area contributed by atoms with Crippen molar-refractivity contribution >= 4 is 34.9 Å². The van der Waals surface area contributed by atoms with Crippen molar-refractivity contribution in [3.8, 4) is 11.4 Å². The Morgan fingerprint density at radius 1 is 1.14 bits per heavy atom. The van der Waals surface area contributed by atoms with Crippen molar-refractivity contribution in [1.82, 2.24) is 20.2 Å². The zero-order valence-electron chi connectivity index (χ0n) is 15.0. The first kappa shape index (κ1) is 19.3. The first-order valence-corrected chi connectivity index (χ1v) is 8.87. The molecule has 9 nitrogen and oxygen atoms in total. The minimum atomic E-state index is -0.684. The van der Waals surface area contributed by atoms with E-state index < -0.39 is 12.1 Å². The van der Waals surface area contributed by atoms with Crippen LogP contribution in [0, 0.1) is 0 Å². The van der Waals surface area contributed by atoms with Crippen LogP contribution in [-0.2, 0) is 4.79 Å². The maximum Gasteiger partial charge on any atom is 0.316 e. The highest BCUT2D eigenvalue weighted by molar-refractivity contribution is 6.30.